The largest absolute Gasteiger partial charge is 0.416 e. The van der Waals surface area contributed by atoms with Crippen LogP contribution in [-0.4, -0.2) is 21.7 Å². The third-order valence-electron chi connectivity index (χ3n) is 3.66. The first-order valence-electron chi connectivity index (χ1n) is 7.12. The highest BCUT2D eigenvalue weighted by Crippen LogP contribution is 2.35. The summed E-state index contributed by atoms with van der Waals surface area (Å²) < 4.78 is 38.2. The molecule has 0 aliphatic carbocycles. The number of alkyl halides is 3. The highest BCUT2D eigenvalue weighted by atomic mass is 127. The molecule has 128 valence electrons. The molecule has 0 bridgehead atoms. The number of imide groups is 1. The van der Waals surface area contributed by atoms with Crippen LogP contribution in [-0.2, 0) is 22.3 Å². The second-order valence-electron chi connectivity index (χ2n) is 5.28. The molecule has 0 unspecified atom stereocenters. The Hall–Kier alpha value is -2.23. The van der Waals surface area contributed by atoms with Crippen LogP contribution in [0.15, 0.2) is 52.2 Å². The topological polar surface area (TPSA) is 50.3 Å². The van der Waals surface area contributed by atoms with E-state index in [1.165, 1.54) is 12.1 Å². The molecule has 1 aliphatic rings. The van der Waals surface area contributed by atoms with Gasteiger partial charge >= 0.3 is 6.18 Å². The van der Waals surface area contributed by atoms with Crippen molar-refractivity contribution in [3.05, 3.63) is 69.1 Å². The molecule has 0 radical (unpaired) electrons. The lowest BCUT2D eigenvalue weighted by molar-refractivity contribution is -0.138. The molecule has 3 rings (SSSR count). The molecule has 0 fully saturated rings. The van der Waals surface area contributed by atoms with Crippen LogP contribution in [0.5, 0.6) is 0 Å². The zero-order valence-electron chi connectivity index (χ0n) is 12.5. The molecule has 2 amide bonds. The molecular weight excluding hydrogens is 448 g/mol. The molecule has 0 atom stereocenters. The van der Waals surface area contributed by atoms with E-state index in [-0.39, 0.29) is 21.3 Å². The monoisotopic (exact) mass is 458 g/mol. The van der Waals surface area contributed by atoms with E-state index in [0.29, 0.717) is 5.69 Å². The Morgan fingerprint density at radius 3 is 2.24 bits per heavy atom. The number of amides is 2. The summed E-state index contributed by atoms with van der Waals surface area (Å²) in [4.78, 5) is 30.1. The van der Waals surface area contributed by atoms with Crippen LogP contribution in [0.4, 0.5) is 13.2 Å². The van der Waals surface area contributed by atoms with Gasteiger partial charge in [-0.25, -0.2) is 0 Å². The number of pyridine rings is 1. The third kappa shape index (κ3) is 3.44. The summed E-state index contributed by atoms with van der Waals surface area (Å²) in [7, 11) is 0. The number of aromatic nitrogens is 1. The molecule has 0 saturated heterocycles. The summed E-state index contributed by atoms with van der Waals surface area (Å²) in [5.74, 6) is -1.02. The first-order valence-corrected chi connectivity index (χ1v) is 8.20. The number of carbonyl (C=O) groups excluding carboxylic acids is 2. The lowest BCUT2D eigenvalue weighted by atomic mass is 10.0. The van der Waals surface area contributed by atoms with Gasteiger partial charge in [0.2, 0.25) is 0 Å². The molecular formula is C17H10F3IN2O2. The summed E-state index contributed by atoms with van der Waals surface area (Å²) in [6, 6.07) is 9.33. The molecule has 1 aromatic heterocycles. The number of hydrogen-bond acceptors (Lipinski definition) is 3. The van der Waals surface area contributed by atoms with Gasteiger partial charge in [0.05, 0.1) is 27.0 Å². The Labute approximate surface area is 154 Å². The van der Waals surface area contributed by atoms with Gasteiger partial charge in [0.25, 0.3) is 11.8 Å². The number of nitrogens with zero attached hydrogens (tertiary/aromatic N) is 2. The Kier molecular flexibility index (Phi) is 4.63. The predicted molar refractivity (Wildman–Crippen MR) is 92.2 cm³/mol. The Morgan fingerprint density at radius 1 is 1.00 bits per heavy atom. The van der Waals surface area contributed by atoms with Crippen molar-refractivity contribution in [3.8, 4) is 0 Å². The van der Waals surface area contributed by atoms with E-state index in [1.54, 1.807) is 47.0 Å². The number of rotatable bonds is 3. The Bertz CT molecular complexity index is 862. The van der Waals surface area contributed by atoms with E-state index in [0.717, 1.165) is 17.0 Å². The van der Waals surface area contributed by atoms with Crippen molar-refractivity contribution in [3.63, 3.8) is 0 Å². The average Bonchev–Trinajstić information content (AvgIpc) is 2.79. The second-order valence-corrected chi connectivity index (χ2v) is 6.36. The minimum absolute atomic E-state index is 0.00907. The summed E-state index contributed by atoms with van der Waals surface area (Å²) >= 11 is 1.75. The highest BCUT2D eigenvalue weighted by molar-refractivity contribution is 14.1. The maximum absolute atomic E-state index is 12.7. The standard InChI is InChI=1S/C17H10F3IN2O2/c18-17(19,20)11-6-4-10(5-7-11)13-14(21)16(25)23(15(13)24)9-12-3-1-2-8-22-12/h1-8H,9H2. The van der Waals surface area contributed by atoms with Gasteiger partial charge in [-0.2, -0.15) is 13.2 Å². The fourth-order valence-corrected chi connectivity index (χ4v) is 3.25. The quantitative estimate of drug-likeness (QED) is 0.520. The van der Waals surface area contributed by atoms with E-state index in [2.05, 4.69) is 4.98 Å². The first-order chi connectivity index (χ1) is 11.8. The predicted octanol–water partition coefficient (Wildman–Crippen LogP) is 3.82. The first kappa shape index (κ1) is 17.6. The van der Waals surface area contributed by atoms with Crippen molar-refractivity contribution in [2.75, 3.05) is 0 Å². The lowest BCUT2D eigenvalue weighted by Crippen LogP contribution is -2.31. The number of hydrogen-bond donors (Lipinski definition) is 0. The van der Waals surface area contributed by atoms with Gasteiger partial charge in [0, 0.05) is 6.20 Å². The normalized spacial score (nSPS) is 15.3. The van der Waals surface area contributed by atoms with Crippen molar-refractivity contribution in [1.82, 2.24) is 9.88 Å². The van der Waals surface area contributed by atoms with Crippen LogP contribution in [0.1, 0.15) is 16.8 Å². The van der Waals surface area contributed by atoms with Gasteiger partial charge < -0.3 is 0 Å². The SMILES string of the molecule is O=C1C(I)=C(c2ccc(C(F)(F)F)cc2)C(=O)N1Cc1ccccn1. The van der Waals surface area contributed by atoms with Crippen molar-refractivity contribution >= 4 is 40.0 Å². The molecule has 1 aliphatic heterocycles. The molecule has 25 heavy (non-hydrogen) atoms. The summed E-state index contributed by atoms with van der Waals surface area (Å²) in [6.07, 6.45) is -2.91. The van der Waals surface area contributed by atoms with Crippen LogP contribution in [0, 0.1) is 0 Å². The Balaban J connectivity index is 1.89. The summed E-state index contributed by atoms with van der Waals surface area (Å²) in [6.45, 7) is 0.00907. The molecule has 8 heteroatoms. The van der Waals surface area contributed by atoms with Crippen LogP contribution in [0.3, 0.4) is 0 Å². The minimum atomic E-state index is -4.46. The zero-order valence-corrected chi connectivity index (χ0v) is 14.7. The van der Waals surface area contributed by atoms with Crippen LogP contribution < -0.4 is 0 Å². The molecule has 4 nitrogen and oxygen atoms in total. The highest BCUT2D eigenvalue weighted by Gasteiger charge is 2.38. The summed E-state index contributed by atoms with van der Waals surface area (Å²) in [5.41, 5.74) is 0.116. The number of halogens is 4. The molecule has 0 N–H and O–H groups in total. The molecule has 1 aromatic carbocycles. The van der Waals surface area contributed by atoms with E-state index >= 15 is 0 Å². The van der Waals surface area contributed by atoms with Gasteiger partial charge in [0.15, 0.2) is 0 Å². The molecule has 0 saturated carbocycles. The third-order valence-corrected chi connectivity index (χ3v) is 4.66. The Morgan fingerprint density at radius 2 is 1.68 bits per heavy atom. The smallest absolute Gasteiger partial charge is 0.269 e. The van der Waals surface area contributed by atoms with Crippen molar-refractivity contribution < 1.29 is 22.8 Å². The van der Waals surface area contributed by atoms with Crippen molar-refractivity contribution in [1.29, 1.82) is 0 Å². The van der Waals surface area contributed by atoms with Crippen LogP contribution in [0.25, 0.3) is 5.57 Å². The van der Waals surface area contributed by atoms with Gasteiger partial charge in [-0.3, -0.25) is 19.5 Å². The number of benzene rings is 1. The average molecular weight is 458 g/mol. The fourth-order valence-electron chi connectivity index (χ4n) is 2.42. The van der Waals surface area contributed by atoms with Gasteiger partial charge in [-0.05, 0) is 52.4 Å². The maximum atomic E-state index is 12.7. The van der Waals surface area contributed by atoms with E-state index in [4.69, 9.17) is 0 Å². The van der Waals surface area contributed by atoms with Crippen LogP contribution in [0.2, 0.25) is 0 Å². The van der Waals surface area contributed by atoms with Crippen LogP contribution >= 0.6 is 22.6 Å². The molecule has 2 heterocycles. The van der Waals surface area contributed by atoms with E-state index in [1.807, 2.05) is 0 Å². The van der Waals surface area contributed by atoms with E-state index in [9.17, 15) is 22.8 Å². The van der Waals surface area contributed by atoms with Gasteiger partial charge in [-0.1, -0.05) is 18.2 Å². The number of carbonyl (C=O) groups is 2. The fraction of sp³-hybridized carbons (Fsp3) is 0.118. The van der Waals surface area contributed by atoms with Gasteiger partial charge in [-0.15, -0.1) is 0 Å². The molecule has 0 spiro atoms. The lowest BCUT2D eigenvalue weighted by Gasteiger charge is -2.14. The van der Waals surface area contributed by atoms with Crippen molar-refractivity contribution in [2.45, 2.75) is 12.7 Å². The van der Waals surface area contributed by atoms with Gasteiger partial charge in [0.1, 0.15) is 0 Å². The second kappa shape index (κ2) is 6.58. The maximum Gasteiger partial charge on any atom is 0.416 e. The molecule has 2 aromatic rings. The minimum Gasteiger partial charge on any atom is -0.269 e. The van der Waals surface area contributed by atoms with Crippen molar-refractivity contribution in [2.24, 2.45) is 0 Å². The van der Waals surface area contributed by atoms with E-state index < -0.39 is 23.6 Å². The zero-order chi connectivity index (χ0) is 18.2. The summed E-state index contributed by atoms with van der Waals surface area (Å²) in [5, 5.41) is 0.